The van der Waals surface area contributed by atoms with Crippen molar-refractivity contribution in [1.82, 2.24) is 4.72 Å². The van der Waals surface area contributed by atoms with Gasteiger partial charge >= 0.3 is 6.09 Å². The lowest BCUT2D eigenvalue weighted by atomic mass is 9.69. The van der Waals surface area contributed by atoms with Gasteiger partial charge in [-0.2, -0.15) is 0 Å². The van der Waals surface area contributed by atoms with Crippen LogP contribution in [0.25, 0.3) is 11.1 Å². The van der Waals surface area contributed by atoms with Crippen LogP contribution in [0, 0.1) is 5.41 Å². The molecule has 1 saturated carbocycles. The van der Waals surface area contributed by atoms with Gasteiger partial charge in [0, 0.05) is 23.1 Å². The molecule has 1 aliphatic rings. The van der Waals surface area contributed by atoms with Crippen LogP contribution in [0.3, 0.4) is 0 Å². The molecule has 0 spiro atoms. The van der Waals surface area contributed by atoms with E-state index < -0.39 is 39.1 Å². The number of nitrogens with two attached hydrogens (primary N) is 2. The second kappa shape index (κ2) is 13.6. The number of ether oxygens (including phenoxy) is 1. The molecule has 0 heterocycles. The number of carbonyl (C=O) groups is 2. The molecule has 3 aromatic rings. The number of nitrogen functional groups attached to an aromatic ring is 1. The van der Waals surface area contributed by atoms with E-state index in [-0.39, 0.29) is 12.3 Å². The lowest BCUT2D eigenvalue weighted by Gasteiger charge is -2.45. The average molecular weight is 636 g/mol. The molecular weight excluding hydrogens is 590 g/mol. The van der Waals surface area contributed by atoms with Crippen molar-refractivity contribution in [2.24, 2.45) is 11.1 Å². The molecule has 10 heteroatoms. The minimum absolute atomic E-state index is 0.157. The summed E-state index contributed by atoms with van der Waals surface area (Å²) in [6, 6.07) is 20.6. The molecule has 4 rings (SSSR count). The number of hydrogen-bond donors (Lipinski definition) is 4. The number of aryl methyl sites for hydroxylation is 1. The van der Waals surface area contributed by atoms with E-state index in [9.17, 15) is 23.1 Å². The molecule has 6 N–H and O–H groups in total. The number of primary amides is 1. The van der Waals surface area contributed by atoms with Gasteiger partial charge in [0.25, 0.3) is 5.91 Å². The van der Waals surface area contributed by atoms with Crippen LogP contribution < -0.4 is 16.2 Å². The van der Waals surface area contributed by atoms with E-state index in [0.29, 0.717) is 29.7 Å². The topological polar surface area (TPSA) is 162 Å². The SMILES string of the molecule is CC(C)(C)C(CCc1ccc(-c2ccc(C(=O)NS(C)(=O)=O)c(C3CCCC3)c2)cc1)(C[C@@H](O)c1ccc(N)cc1)OC(N)=O. The number of aliphatic hydroxyl groups excluding tert-OH is 1. The highest BCUT2D eigenvalue weighted by atomic mass is 32.2. The molecule has 3 aromatic carbocycles. The second-order valence-corrected chi connectivity index (χ2v) is 15.0. The maximum atomic E-state index is 12.8. The Hall–Kier alpha value is -3.89. The van der Waals surface area contributed by atoms with Gasteiger partial charge in [-0.1, -0.05) is 82.1 Å². The Morgan fingerprint density at radius 3 is 2.13 bits per heavy atom. The van der Waals surface area contributed by atoms with Crippen molar-refractivity contribution in [3.8, 4) is 11.1 Å². The third-order valence-electron chi connectivity index (χ3n) is 8.98. The number of anilines is 1. The molecule has 0 bridgehead atoms. The number of aliphatic hydroxyl groups is 1. The van der Waals surface area contributed by atoms with Gasteiger partial charge in [0.15, 0.2) is 0 Å². The minimum Gasteiger partial charge on any atom is -0.442 e. The van der Waals surface area contributed by atoms with E-state index in [1.54, 1.807) is 30.3 Å². The third-order valence-corrected chi connectivity index (χ3v) is 9.54. The van der Waals surface area contributed by atoms with E-state index in [1.807, 2.05) is 57.2 Å². The van der Waals surface area contributed by atoms with Crippen LogP contribution in [0.4, 0.5) is 10.5 Å². The zero-order valence-electron chi connectivity index (χ0n) is 26.5. The van der Waals surface area contributed by atoms with E-state index >= 15 is 0 Å². The molecule has 0 aromatic heterocycles. The number of sulfonamides is 1. The molecule has 45 heavy (non-hydrogen) atoms. The highest BCUT2D eigenvalue weighted by Gasteiger charge is 2.46. The molecule has 2 atom stereocenters. The molecule has 1 fully saturated rings. The predicted octanol–water partition coefficient (Wildman–Crippen LogP) is 6.22. The molecule has 9 nitrogen and oxygen atoms in total. The summed E-state index contributed by atoms with van der Waals surface area (Å²) < 4.78 is 31.4. The Morgan fingerprint density at radius 2 is 1.58 bits per heavy atom. The van der Waals surface area contributed by atoms with E-state index in [4.69, 9.17) is 16.2 Å². The summed E-state index contributed by atoms with van der Waals surface area (Å²) in [5.41, 5.74) is 15.2. The first-order chi connectivity index (χ1) is 21.1. The van der Waals surface area contributed by atoms with Gasteiger partial charge in [-0.15, -0.1) is 0 Å². The van der Waals surface area contributed by atoms with Crippen molar-refractivity contribution < 1.29 is 27.9 Å². The maximum Gasteiger partial charge on any atom is 0.405 e. The number of rotatable bonds is 11. The molecular formula is C35H45N3O6S. The van der Waals surface area contributed by atoms with Crippen LogP contribution in [0.15, 0.2) is 66.7 Å². The first-order valence-corrected chi connectivity index (χ1v) is 17.2. The minimum atomic E-state index is -3.69. The highest BCUT2D eigenvalue weighted by Crippen LogP contribution is 2.44. The number of nitrogens with one attached hydrogen (secondary N) is 1. The van der Waals surface area contributed by atoms with Crippen LogP contribution in [0.1, 0.15) is 98.4 Å². The largest absolute Gasteiger partial charge is 0.442 e. The molecule has 0 saturated heterocycles. The van der Waals surface area contributed by atoms with Gasteiger partial charge in [0.2, 0.25) is 10.0 Å². The fourth-order valence-electron chi connectivity index (χ4n) is 6.33. The van der Waals surface area contributed by atoms with E-state index in [2.05, 4.69) is 4.72 Å². The van der Waals surface area contributed by atoms with Crippen LogP contribution in [0.5, 0.6) is 0 Å². The van der Waals surface area contributed by atoms with Gasteiger partial charge in [0.1, 0.15) is 5.60 Å². The molecule has 1 unspecified atom stereocenters. The lowest BCUT2D eigenvalue weighted by molar-refractivity contribution is -0.0985. The van der Waals surface area contributed by atoms with Gasteiger partial charge < -0.3 is 21.3 Å². The van der Waals surface area contributed by atoms with Crippen LogP contribution in [-0.4, -0.2) is 37.4 Å². The first kappa shape index (κ1) is 34.0. The highest BCUT2D eigenvalue weighted by molar-refractivity contribution is 7.89. The standard InChI is InChI=1S/C35H45N3O6S/c1-34(2,3)35(44-33(37)41,22-31(39)26-13-16-28(36)17-14-26)20-19-23-9-11-24(12-10-23)27-15-18-29(32(40)38-45(4,42)43)30(21-27)25-7-5-6-8-25/h9-18,21,25,31,39H,5-8,19-20,22,36H2,1-4H3,(H2,37,41)(H,38,40)/t31-,35?/m1/s1. The summed E-state index contributed by atoms with van der Waals surface area (Å²) in [5.74, 6) is -0.410. The summed E-state index contributed by atoms with van der Waals surface area (Å²) >= 11 is 0. The van der Waals surface area contributed by atoms with Crippen molar-refractivity contribution in [3.63, 3.8) is 0 Å². The van der Waals surface area contributed by atoms with Crippen molar-refractivity contribution in [2.75, 3.05) is 12.0 Å². The van der Waals surface area contributed by atoms with Gasteiger partial charge in [-0.25, -0.2) is 17.9 Å². The fraction of sp³-hybridized carbons (Fsp3) is 0.429. The van der Waals surface area contributed by atoms with Gasteiger partial charge in [0.05, 0.1) is 12.4 Å². The summed E-state index contributed by atoms with van der Waals surface area (Å²) in [6.07, 6.45) is 4.40. The summed E-state index contributed by atoms with van der Waals surface area (Å²) in [4.78, 5) is 25.0. The second-order valence-electron chi connectivity index (χ2n) is 13.2. The van der Waals surface area contributed by atoms with Crippen LogP contribution in [-0.2, 0) is 21.2 Å². The average Bonchev–Trinajstić information content (AvgIpc) is 3.49. The molecule has 2 amide bonds. The number of benzene rings is 3. The van der Waals surface area contributed by atoms with Crippen molar-refractivity contribution in [3.05, 3.63) is 89.0 Å². The Labute approximate surface area is 266 Å². The van der Waals surface area contributed by atoms with Crippen LogP contribution in [0.2, 0.25) is 0 Å². The predicted molar refractivity (Wildman–Crippen MR) is 177 cm³/mol. The first-order valence-electron chi connectivity index (χ1n) is 15.3. The van der Waals surface area contributed by atoms with E-state index in [1.165, 1.54) is 0 Å². The third kappa shape index (κ3) is 8.64. The number of carbonyl (C=O) groups excluding carboxylic acids is 2. The van der Waals surface area contributed by atoms with Crippen molar-refractivity contribution in [1.29, 1.82) is 0 Å². The molecule has 242 valence electrons. The zero-order valence-corrected chi connectivity index (χ0v) is 27.3. The number of hydrogen-bond acceptors (Lipinski definition) is 7. The summed E-state index contributed by atoms with van der Waals surface area (Å²) in [6.45, 7) is 5.91. The Kier molecular flexibility index (Phi) is 10.3. The molecule has 1 aliphatic carbocycles. The molecule has 0 aliphatic heterocycles. The van der Waals surface area contributed by atoms with E-state index in [0.717, 1.165) is 54.2 Å². The monoisotopic (exact) mass is 635 g/mol. The number of amides is 2. The van der Waals surface area contributed by atoms with Crippen molar-refractivity contribution in [2.45, 2.75) is 83.3 Å². The maximum absolute atomic E-state index is 12.8. The summed E-state index contributed by atoms with van der Waals surface area (Å²) in [5, 5.41) is 11.2. The quantitative estimate of drug-likeness (QED) is 0.182. The molecule has 0 radical (unpaired) electrons. The van der Waals surface area contributed by atoms with Gasteiger partial charge in [-0.05, 0) is 77.6 Å². The lowest BCUT2D eigenvalue weighted by Crippen LogP contribution is -2.49. The smallest absolute Gasteiger partial charge is 0.405 e. The van der Waals surface area contributed by atoms with Gasteiger partial charge in [-0.3, -0.25) is 4.79 Å². The Balaban J connectivity index is 1.57. The zero-order chi connectivity index (χ0) is 33.0. The fourth-order valence-corrected chi connectivity index (χ4v) is 6.77. The van der Waals surface area contributed by atoms with Crippen LogP contribution >= 0.6 is 0 Å². The van der Waals surface area contributed by atoms with Crippen molar-refractivity contribution >= 4 is 27.7 Å². The normalized spacial score (nSPS) is 16.1. The Morgan fingerprint density at radius 1 is 0.978 bits per heavy atom. The summed E-state index contributed by atoms with van der Waals surface area (Å²) in [7, 11) is -3.69. The Bertz CT molecular complexity index is 1610.